The minimum absolute atomic E-state index is 0.112. The van der Waals surface area contributed by atoms with Crippen molar-refractivity contribution in [3.8, 4) is 0 Å². The second kappa shape index (κ2) is 7.37. The quantitative estimate of drug-likeness (QED) is 0.763. The molecular weight excluding hydrogens is 378 g/mol. The lowest BCUT2D eigenvalue weighted by atomic mass is 9.85. The van der Waals surface area contributed by atoms with Crippen molar-refractivity contribution in [1.82, 2.24) is 4.72 Å². The molecule has 1 aromatic carbocycles. The van der Waals surface area contributed by atoms with E-state index in [1.165, 1.54) is 6.07 Å². The van der Waals surface area contributed by atoms with Gasteiger partial charge in [0.2, 0.25) is 10.0 Å². The van der Waals surface area contributed by atoms with Crippen molar-refractivity contribution in [2.45, 2.75) is 49.0 Å². The molecule has 1 saturated carbocycles. The molecule has 1 heterocycles. The Morgan fingerprint density at radius 3 is 2.52 bits per heavy atom. The number of hydrogen-bond donors (Lipinski definition) is 2. The Labute approximate surface area is 157 Å². The number of halogens is 1. The highest BCUT2D eigenvalue weighted by molar-refractivity contribution is 7.89. The van der Waals surface area contributed by atoms with Crippen LogP contribution in [0.1, 0.15) is 48.5 Å². The first-order valence-corrected chi connectivity index (χ1v) is 11.0. The molecule has 0 bridgehead atoms. The third-order valence-electron chi connectivity index (χ3n) is 4.85. The Bertz CT molecular complexity index is 840. The molecule has 136 valence electrons. The summed E-state index contributed by atoms with van der Waals surface area (Å²) in [5.41, 5.74) is -0.202. The van der Waals surface area contributed by atoms with Gasteiger partial charge in [-0.3, -0.25) is 0 Å². The molecule has 3 rings (SSSR count). The van der Waals surface area contributed by atoms with Crippen LogP contribution < -0.4 is 4.72 Å². The molecule has 0 spiro atoms. The average molecular weight is 400 g/mol. The van der Waals surface area contributed by atoms with Crippen LogP contribution in [0.2, 0.25) is 5.02 Å². The second-order valence-electron chi connectivity index (χ2n) is 6.62. The van der Waals surface area contributed by atoms with Gasteiger partial charge in [0.05, 0.1) is 11.1 Å². The number of nitrogens with one attached hydrogen (secondary N) is 1. The van der Waals surface area contributed by atoms with Gasteiger partial charge in [0.25, 0.3) is 0 Å². The Hall–Kier alpha value is -0.920. The number of benzene rings is 1. The normalized spacial score (nSPS) is 18.4. The molecule has 1 aliphatic rings. The summed E-state index contributed by atoms with van der Waals surface area (Å²) in [6.45, 7) is 2.09. The van der Waals surface area contributed by atoms with Crippen LogP contribution in [0.4, 0.5) is 0 Å². The monoisotopic (exact) mass is 399 g/mol. The molecule has 0 saturated heterocycles. The Morgan fingerprint density at radius 1 is 1.24 bits per heavy atom. The van der Waals surface area contributed by atoms with Crippen LogP contribution >= 0.6 is 22.9 Å². The highest BCUT2D eigenvalue weighted by Gasteiger charge is 2.38. The molecule has 1 atom stereocenters. The molecule has 0 amide bonds. The van der Waals surface area contributed by atoms with Crippen LogP contribution in [0, 0.1) is 0 Å². The first kappa shape index (κ1) is 18.9. The molecule has 4 nitrogen and oxygen atoms in total. The number of sulfonamides is 1. The van der Waals surface area contributed by atoms with Crippen molar-refractivity contribution in [3.63, 3.8) is 0 Å². The lowest BCUT2D eigenvalue weighted by Crippen LogP contribution is -2.38. The molecule has 25 heavy (non-hydrogen) atoms. The van der Waals surface area contributed by atoms with Gasteiger partial charge in [0.15, 0.2) is 0 Å². The smallest absolute Gasteiger partial charge is 0.242 e. The van der Waals surface area contributed by atoms with E-state index in [-0.39, 0.29) is 15.3 Å². The lowest BCUT2D eigenvalue weighted by Gasteiger charge is -2.28. The summed E-state index contributed by atoms with van der Waals surface area (Å²) in [4.78, 5) is 2.17. The van der Waals surface area contributed by atoms with Gasteiger partial charge in [-0.2, -0.15) is 0 Å². The van der Waals surface area contributed by atoms with E-state index in [0.717, 1.165) is 35.4 Å². The van der Waals surface area contributed by atoms with E-state index in [9.17, 15) is 13.5 Å². The predicted octanol–water partition coefficient (Wildman–Crippen LogP) is 4.25. The first-order valence-electron chi connectivity index (χ1n) is 8.37. The van der Waals surface area contributed by atoms with Crippen LogP contribution in [0.3, 0.4) is 0 Å². The van der Waals surface area contributed by atoms with Gasteiger partial charge < -0.3 is 5.11 Å². The summed E-state index contributed by atoms with van der Waals surface area (Å²) < 4.78 is 28.1. The van der Waals surface area contributed by atoms with Gasteiger partial charge in [-0.1, -0.05) is 36.6 Å². The molecule has 7 heteroatoms. The number of thiophene rings is 1. The Morgan fingerprint density at radius 2 is 1.92 bits per heavy atom. The topological polar surface area (TPSA) is 66.4 Å². The fourth-order valence-electron chi connectivity index (χ4n) is 3.40. The van der Waals surface area contributed by atoms with E-state index in [1.807, 2.05) is 12.1 Å². The highest BCUT2D eigenvalue weighted by Crippen LogP contribution is 2.44. The van der Waals surface area contributed by atoms with E-state index in [1.54, 1.807) is 36.5 Å². The Kier molecular flexibility index (Phi) is 5.56. The molecule has 2 N–H and O–H groups in total. The third kappa shape index (κ3) is 3.93. The summed E-state index contributed by atoms with van der Waals surface area (Å²) >= 11 is 7.62. The van der Waals surface area contributed by atoms with Crippen LogP contribution in [0.25, 0.3) is 0 Å². The van der Waals surface area contributed by atoms with Crippen LogP contribution in [-0.4, -0.2) is 20.1 Å². The van der Waals surface area contributed by atoms with E-state index in [0.29, 0.717) is 6.54 Å². The molecule has 1 aliphatic carbocycles. The maximum absolute atomic E-state index is 12.7. The molecule has 0 aliphatic heterocycles. The molecule has 2 aromatic rings. The minimum Gasteiger partial charge on any atom is -0.388 e. The SMILES string of the molecule is CC(O)c1ccc(C2(CNS(=O)(=O)c3ccccc3Cl)CCCC2)s1. The van der Waals surface area contributed by atoms with Crippen molar-refractivity contribution in [3.05, 3.63) is 51.2 Å². The lowest BCUT2D eigenvalue weighted by molar-refractivity contribution is 0.203. The van der Waals surface area contributed by atoms with Gasteiger partial charge in [0, 0.05) is 21.7 Å². The maximum Gasteiger partial charge on any atom is 0.242 e. The summed E-state index contributed by atoms with van der Waals surface area (Å²) in [6, 6.07) is 10.4. The van der Waals surface area contributed by atoms with Crippen molar-refractivity contribution in [2.24, 2.45) is 0 Å². The van der Waals surface area contributed by atoms with E-state index >= 15 is 0 Å². The molecular formula is C18H22ClNO3S2. The van der Waals surface area contributed by atoms with E-state index in [4.69, 9.17) is 11.6 Å². The maximum atomic E-state index is 12.7. The number of aliphatic hydroxyl groups excluding tert-OH is 1. The summed E-state index contributed by atoms with van der Waals surface area (Å²) in [6.07, 6.45) is 3.54. The van der Waals surface area contributed by atoms with Gasteiger partial charge in [-0.05, 0) is 44.0 Å². The first-order chi connectivity index (χ1) is 11.8. The van der Waals surface area contributed by atoms with Crippen molar-refractivity contribution in [1.29, 1.82) is 0 Å². The van der Waals surface area contributed by atoms with Gasteiger partial charge in [0.1, 0.15) is 4.90 Å². The molecule has 1 aromatic heterocycles. The van der Waals surface area contributed by atoms with E-state index in [2.05, 4.69) is 4.72 Å². The molecule has 0 radical (unpaired) electrons. The van der Waals surface area contributed by atoms with Crippen LogP contribution in [0.5, 0.6) is 0 Å². The molecule has 1 fully saturated rings. The highest BCUT2D eigenvalue weighted by atomic mass is 35.5. The molecule has 1 unspecified atom stereocenters. The summed E-state index contributed by atoms with van der Waals surface area (Å²) in [5.74, 6) is 0. The van der Waals surface area contributed by atoms with Gasteiger partial charge >= 0.3 is 0 Å². The van der Waals surface area contributed by atoms with Gasteiger partial charge in [-0.15, -0.1) is 11.3 Å². The Balaban J connectivity index is 1.84. The van der Waals surface area contributed by atoms with Crippen molar-refractivity contribution in [2.75, 3.05) is 6.54 Å². The zero-order chi connectivity index (χ0) is 18.1. The van der Waals surface area contributed by atoms with Crippen LogP contribution in [-0.2, 0) is 15.4 Å². The second-order valence-corrected chi connectivity index (χ2v) is 9.88. The van der Waals surface area contributed by atoms with E-state index < -0.39 is 16.1 Å². The fraction of sp³-hybridized carbons (Fsp3) is 0.444. The third-order valence-corrected chi connectivity index (χ3v) is 8.25. The van der Waals surface area contributed by atoms with Crippen molar-refractivity contribution >= 4 is 33.0 Å². The summed E-state index contributed by atoms with van der Waals surface area (Å²) in [5, 5.41) is 10.0. The fourth-order valence-corrected chi connectivity index (χ4v) is 6.23. The van der Waals surface area contributed by atoms with Gasteiger partial charge in [-0.25, -0.2) is 13.1 Å². The predicted molar refractivity (Wildman–Crippen MR) is 102 cm³/mol. The van der Waals surface area contributed by atoms with Crippen molar-refractivity contribution < 1.29 is 13.5 Å². The number of rotatable bonds is 6. The number of aliphatic hydroxyl groups is 1. The number of hydrogen-bond acceptors (Lipinski definition) is 4. The average Bonchev–Trinajstić information content (AvgIpc) is 3.23. The zero-order valence-electron chi connectivity index (χ0n) is 14.0. The minimum atomic E-state index is -3.66. The standard InChI is InChI=1S/C18H22ClNO3S2/c1-13(21)15-8-9-17(24-15)18(10-4-5-11-18)12-20-25(22,23)16-7-3-2-6-14(16)19/h2-3,6-9,13,20-21H,4-5,10-12H2,1H3. The van der Waals surface area contributed by atoms with Crippen LogP contribution in [0.15, 0.2) is 41.3 Å². The summed E-state index contributed by atoms with van der Waals surface area (Å²) in [7, 11) is -3.66. The zero-order valence-corrected chi connectivity index (χ0v) is 16.4. The largest absolute Gasteiger partial charge is 0.388 e.